The summed E-state index contributed by atoms with van der Waals surface area (Å²) in [6.45, 7) is 4.08. The van der Waals surface area contributed by atoms with Crippen LogP contribution in [0, 0.1) is 11.3 Å². The van der Waals surface area contributed by atoms with Gasteiger partial charge in [-0.05, 0) is 36.4 Å². The van der Waals surface area contributed by atoms with E-state index in [4.69, 9.17) is 16.9 Å². The zero-order chi connectivity index (χ0) is 15.7. The minimum Gasteiger partial charge on any atom is -0.265 e. The Labute approximate surface area is 137 Å². The number of thiophene rings is 1. The Morgan fingerprint density at radius 2 is 2.27 bits per heavy atom. The van der Waals surface area contributed by atoms with Gasteiger partial charge in [-0.15, -0.1) is 11.3 Å². The molecule has 0 aliphatic carbocycles. The van der Waals surface area contributed by atoms with Crippen LogP contribution in [0.15, 0.2) is 23.8 Å². The summed E-state index contributed by atoms with van der Waals surface area (Å²) in [6, 6.07) is 4.22. The Morgan fingerprint density at radius 1 is 1.45 bits per heavy atom. The highest BCUT2D eigenvalue weighted by Crippen LogP contribution is 2.32. The molecule has 1 unspecified atom stereocenters. The lowest BCUT2D eigenvalue weighted by Gasteiger charge is -2.25. The lowest BCUT2D eigenvalue weighted by molar-refractivity contribution is 0.281. The number of rotatable bonds is 4. The maximum atomic E-state index is 9.04. The van der Waals surface area contributed by atoms with Crippen LogP contribution in [-0.4, -0.2) is 19.7 Å². The van der Waals surface area contributed by atoms with Gasteiger partial charge in [-0.25, -0.2) is 9.97 Å². The average molecular weight is 332 g/mol. The quantitative estimate of drug-likeness (QED) is 0.670. The first-order chi connectivity index (χ1) is 10.6. The highest BCUT2D eigenvalue weighted by Gasteiger charge is 2.25. The van der Waals surface area contributed by atoms with Gasteiger partial charge < -0.3 is 0 Å². The molecule has 1 atom stereocenters. The molecule has 3 aromatic rings. The number of halogens is 1. The lowest BCUT2D eigenvalue weighted by atomic mass is 9.96. The maximum Gasteiger partial charge on any atom is 0.224 e. The summed E-state index contributed by atoms with van der Waals surface area (Å²) in [7, 11) is 0. The van der Waals surface area contributed by atoms with Crippen LogP contribution in [0.2, 0.25) is 5.28 Å². The van der Waals surface area contributed by atoms with E-state index in [-0.39, 0.29) is 10.8 Å². The number of hydrogen-bond donors (Lipinski definition) is 0. The second-order valence-corrected chi connectivity index (χ2v) is 6.57. The molecule has 3 aromatic heterocycles. The van der Waals surface area contributed by atoms with Crippen molar-refractivity contribution in [2.24, 2.45) is 0 Å². The molecular weight excluding hydrogens is 318 g/mol. The zero-order valence-electron chi connectivity index (χ0n) is 12.2. The first-order valence-corrected chi connectivity index (χ1v) is 8.16. The summed E-state index contributed by atoms with van der Waals surface area (Å²) in [5, 5.41) is 16.6. The molecule has 0 aromatic carbocycles. The SMILES string of the molecule is CCC(C)(CC#N)n1cc(-c2nc(Cl)nc3sccc23)cn1. The Balaban J connectivity index is 2.10. The second kappa shape index (κ2) is 5.67. The molecule has 0 saturated heterocycles. The molecule has 5 nitrogen and oxygen atoms in total. The Kier molecular flexibility index (Phi) is 3.85. The predicted molar refractivity (Wildman–Crippen MR) is 87.8 cm³/mol. The Morgan fingerprint density at radius 3 is 3.00 bits per heavy atom. The lowest BCUT2D eigenvalue weighted by Crippen LogP contribution is -2.29. The van der Waals surface area contributed by atoms with Gasteiger partial charge >= 0.3 is 0 Å². The summed E-state index contributed by atoms with van der Waals surface area (Å²) in [6.07, 6.45) is 4.92. The van der Waals surface area contributed by atoms with E-state index in [2.05, 4.69) is 28.1 Å². The van der Waals surface area contributed by atoms with E-state index in [0.717, 1.165) is 27.9 Å². The van der Waals surface area contributed by atoms with Gasteiger partial charge in [0.25, 0.3) is 0 Å². The predicted octanol–water partition coefficient (Wildman–Crippen LogP) is 4.25. The van der Waals surface area contributed by atoms with Gasteiger partial charge in [0.05, 0.1) is 29.9 Å². The van der Waals surface area contributed by atoms with E-state index >= 15 is 0 Å². The van der Waals surface area contributed by atoms with Gasteiger partial charge in [-0.3, -0.25) is 4.68 Å². The molecule has 3 rings (SSSR count). The van der Waals surface area contributed by atoms with E-state index in [1.54, 1.807) is 6.20 Å². The highest BCUT2D eigenvalue weighted by atomic mass is 35.5. The van der Waals surface area contributed by atoms with Crippen molar-refractivity contribution in [3.05, 3.63) is 29.1 Å². The fourth-order valence-electron chi connectivity index (χ4n) is 2.33. The minimum absolute atomic E-state index is 0.230. The van der Waals surface area contributed by atoms with Crippen LogP contribution in [0.1, 0.15) is 26.7 Å². The second-order valence-electron chi connectivity index (χ2n) is 5.34. The number of nitriles is 1. The Hall–Kier alpha value is -1.97. The van der Waals surface area contributed by atoms with Crippen molar-refractivity contribution in [2.45, 2.75) is 32.2 Å². The largest absolute Gasteiger partial charge is 0.265 e. The molecule has 0 bridgehead atoms. The molecule has 22 heavy (non-hydrogen) atoms. The molecule has 0 aliphatic rings. The highest BCUT2D eigenvalue weighted by molar-refractivity contribution is 7.16. The number of nitrogens with zero attached hydrogens (tertiary/aromatic N) is 5. The molecule has 0 amide bonds. The molecule has 3 heterocycles. The standard InChI is InChI=1S/C15H14ClN5S/c1-3-15(2,5-6-17)21-9-10(8-18-21)12-11-4-7-22-13(11)20-14(16)19-12/h4,7-9H,3,5H2,1-2H3. The Bertz CT molecular complexity index is 862. The molecule has 0 aliphatic heterocycles. The fraction of sp³-hybridized carbons (Fsp3) is 0.333. The third-order valence-electron chi connectivity index (χ3n) is 3.93. The topological polar surface area (TPSA) is 67.4 Å². The molecule has 0 radical (unpaired) electrons. The van der Waals surface area contributed by atoms with Gasteiger partial charge in [0, 0.05) is 17.1 Å². The van der Waals surface area contributed by atoms with Crippen molar-refractivity contribution in [3.8, 4) is 17.3 Å². The molecular formula is C15H14ClN5S. The van der Waals surface area contributed by atoms with Crippen LogP contribution in [0.25, 0.3) is 21.5 Å². The summed E-state index contributed by atoms with van der Waals surface area (Å²) in [5.74, 6) is 0. The third-order valence-corrected chi connectivity index (χ3v) is 4.90. The fourth-order valence-corrected chi connectivity index (χ4v) is 3.31. The van der Waals surface area contributed by atoms with Gasteiger partial charge in [-0.2, -0.15) is 10.4 Å². The third kappa shape index (κ3) is 2.47. The molecule has 0 saturated carbocycles. The number of hydrogen-bond acceptors (Lipinski definition) is 5. The van der Waals surface area contributed by atoms with Crippen LogP contribution in [0.4, 0.5) is 0 Å². The smallest absolute Gasteiger partial charge is 0.224 e. The first-order valence-electron chi connectivity index (χ1n) is 6.90. The van der Waals surface area contributed by atoms with Crippen molar-refractivity contribution < 1.29 is 0 Å². The van der Waals surface area contributed by atoms with Crippen LogP contribution in [0.5, 0.6) is 0 Å². The number of aromatic nitrogens is 4. The molecule has 0 fully saturated rings. The maximum absolute atomic E-state index is 9.04. The van der Waals surface area contributed by atoms with E-state index in [1.807, 2.05) is 29.2 Å². The monoisotopic (exact) mass is 331 g/mol. The number of fused-ring (bicyclic) bond motifs is 1. The first kappa shape index (κ1) is 14.9. The van der Waals surface area contributed by atoms with Crippen LogP contribution in [-0.2, 0) is 5.54 Å². The van der Waals surface area contributed by atoms with E-state index in [1.165, 1.54) is 11.3 Å². The van der Waals surface area contributed by atoms with Gasteiger partial charge in [0.2, 0.25) is 5.28 Å². The minimum atomic E-state index is -0.322. The average Bonchev–Trinajstić information content (AvgIpc) is 3.15. The summed E-state index contributed by atoms with van der Waals surface area (Å²) in [5.41, 5.74) is 1.33. The van der Waals surface area contributed by atoms with Crippen molar-refractivity contribution in [3.63, 3.8) is 0 Å². The van der Waals surface area contributed by atoms with Gasteiger partial charge in [0.1, 0.15) is 4.83 Å². The van der Waals surface area contributed by atoms with Gasteiger partial charge in [-0.1, -0.05) is 6.92 Å². The van der Waals surface area contributed by atoms with Crippen molar-refractivity contribution in [1.29, 1.82) is 5.26 Å². The summed E-state index contributed by atoms with van der Waals surface area (Å²) in [4.78, 5) is 9.44. The van der Waals surface area contributed by atoms with Crippen molar-refractivity contribution in [2.75, 3.05) is 0 Å². The summed E-state index contributed by atoms with van der Waals surface area (Å²) >= 11 is 7.55. The summed E-state index contributed by atoms with van der Waals surface area (Å²) < 4.78 is 1.85. The van der Waals surface area contributed by atoms with E-state index in [0.29, 0.717) is 6.42 Å². The van der Waals surface area contributed by atoms with E-state index < -0.39 is 0 Å². The zero-order valence-corrected chi connectivity index (χ0v) is 13.8. The van der Waals surface area contributed by atoms with Crippen LogP contribution >= 0.6 is 22.9 Å². The normalized spacial score (nSPS) is 13.9. The van der Waals surface area contributed by atoms with Crippen LogP contribution < -0.4 is 0 Å². The molecule has 112 valence electrons. The van der Waals surface area contributed by atoms with Crippen molar-refractivity contribution in [1.82, 2.24) is 19.7 Å². The van der Waals surface area contributed by atoms with Crippen LogP contribution in [0.3, 0.4) is 0 Å². The molecule has 0 spiro atoms. The van der Waals surface area contributed by atoms with Gasteiger partial charge in [0.15, 0.2) is 0 Å². The molecule has 7 heteroatoms. The molecule has 0 N–H and O–H groups in total. The van der Waals surface area contributed by atoms with Crippen molar-refractivity contribution >= 4 is 33.2 Å². The van der Waals surface area contributed by atoms with E-state index in [9.17, 15) is 0 Å².